The molecule has 0 spiro atoms. The van der Waals surface area contributed by atoms with Crippen molar-refractivity contribution in [3.8, 4) is 0 Å². The Kier molecular flexibility index (Phi) is 1.81. The van der Waals surface area contributed by atoms with E-state index in [0.717, 1.165) is 4.47 Å². The Bertz CT molecular complexity index is 415. The van der Waals surface area contributed by atoms with E-state index >= 15 is 0 Å². The zero-order valence-electron chi connectivity index (χ0n) is 6.41. The van der Waals surface area contributed by atoms with E-state index in [1.165, 1.54) is 0 Å². The number of ketones is 1. The van der Waals surface area contributed by atoms with Gasteiger partial charge in [-0.1, -0.05) is 21.1 Å². The van der Waals surface area contributed by atoms with E-state index in [1.807, 2.05) is 0 Å². The van der Waals surface area contributed by atoms with Gasteiger partial charge in [0.15, 0.2) is 0 Å². The molecule has 0 atom stereocenters. The number of benzene rings is 1. The molecule has 0 aliphatic carbocycles. The minimum Gasteiger partial charge on any atom is -0.409 e. The fourth-order valence-corrected chi connectivity index (χ4v) is 1.56. The molecule has 1 aliphatic rings. The summed E-state index contributed by atoms with van der Waals surface area (Å²) in [7, 11) is 0. The van der Waals surface area contributed by atoms with Crippen LogP contribution in [-0.2, 0) is 0 Å². The smallest absolute Gasteiger partial charge is 0.233 e. The molecular weight excluding hydrogens is 236 g/mol. The third kappa shape index (κ3) is 1.21. The Balaban J connectivity index is 2.57. The molecule has 4 nitrogen and oxygen atoms in total. The first-order valence-electron chi connectivity index (χ1n) is 3.55. The molecule has 0 saturated carbocycles. The summed E-state index contributed by atoms with van der Waals surface area (Å²) < 4.78 is 0.820. The summed E-state index contributed by atoms with van der Waals surface area (Å²) in [6.07, 6.45) is 0. The molecule has 0 fully saturated rings. The summed E-state index contributed by atoms with van der Waals surface area (Å²) >= 11 is 3.25. The molecule has 1 aromatic rings. The minimum absolute atomic E-state index is 0.0342. The lowest BCUT2D eigenvalue weighted by Gasteiger charge is -1.95. The normalized spacial score (nSPS) is 17.3. The van der Waals surface area contributed by atoms with Crippen molar-refractivity contribution in [2.24, 2.45) is 5.16 Å². The molecule has 1 heterocycles. The van der Waals surface area contributed by atoms with Crippen molar-refractivity contribution >= 4 is 33.2 Å². The molecule has 0 bridgehead atoms. The van der Waals surface area contributed by atoms with Gasteiger partial charge in [0.2, 0.25) is 11.6 Å². The van der Waals surface area contributed by atoms with Crippen molar-refractivity contribution in [2.75, 3.05) is 5.32 Å². The van der Waals surface area contributed by atoms with Crippen molar-refractivity contribution in [2.45, 2.75) is 0 Å². The minimum atomic E-state index is -0.293. The van der Waals surface area contributed by atoms with Gasteiger partial charge in [0, 0.05) is 4.47 Å². The zero-order valence-corrected chi connectivity index (χ0v) is 8.00. The molecule has 1 aromatic carbocycles. The third-order valence-corrected chi connectivity index (χ3v) is 2.29. The predicted octanol–water partition coefficient (Wildman–Crippen LogP) is 1.84. The second-order valence-electron chi connectivity index (χ2n) is 2.59. The summed E-state index contributed by atoms with van der Waals surface area (Å²) in [4.78, 5) is 11.4. The number of halogens is 1. The molecule has 13 heavy (non-hydrogen) atoms. The van der Waals surface area contributed by atoms with Crippen LogP contribution in [0.5, 0.6) is 0 Å². The van der Waals surface area contributed by atoms with E-state index in [2.05, 4.69) is 26.4 Å². The van der Waals surface area contributed by atoms with Crippen LogP contribution in [0.25, 0.3) is 0 Å². The summed E-state index contributed by atoms with van der Waals surface area (Å²) in [6, 6.07) is 5.23. The van der Waals surface area contributed by atoms with Crippen LogP contribution in [-0.4, -0.2) is 16.8 Å². The van der Waals surface area contributed by atoms with Gasteiger partial charge in [0.25, 0.3) is 0 Å². The number of carbonyl (C=O) groups excluding carboxylic acids is 1. The molecule has 5 heteroatoms. The van der Waals surface area contributed by atoms with Crippen LogP contribution < -0.4 is 5.32 Å². The SMILES string of the molecule is O=C1C(=NO)Nc2ccc(Br)cc21. The lowest BCUT2D eigenvalue weighted by Crippen LogP contribution is -2.13. The Morgan fingerprint density at radius 1 is 1.46 bits per heavy atom. The standard InChI is InChI=1S/C8H5BrN2O2/c9-4-1-2-6-5(3-4)7(12)8(10-6)11-13/h1-3,13H,(H,10,11,12). The number of nitrogens with zero attached hydrogens (tertiary/aromatic N) is 1. The van der Waals surface area contributed by atoms with Crippen molar-refractivity contribution in [1.82, 2.24) is 0 Å². The summed E-state index contributed by atoms with van der Waals surface area (Å²) in [5, 5.41) is 14.0. The molecule has 66 valence electrons. The van der Waals surface area contributed by atoms with E-state index in [9.17, 15) is 4.79 Å². The number of anilines is 1. The molecule has 0 saturated heterocycles. The van der Waals surface area contributed by atoms with Crippen LogP contribution in [0.3, 0.4) is 0 Å². The Hall–Kier alpha value is -1.36. The summed E-state index contributed by atoms with van der Waals surface area (Å²) in [6.45, 7) is 0. The maximum Gasteiger partial charge on any atom is 0.233 e. The average molecular weight is 241 g/mol. The molecule has 0 amide bonds. The molecular formula is C8H5BrN2O2. The van der Waals surface area contributed by atoms with Gasteiger partial charge < -0.3 is 10.5 Å². The van der Waals surface area contributed by atoms with E-state index < -0.39 is 0 Å². The molecule has 2 N–H and O–H groups in total. The first-order chi connectivity index (χ1) is 6.22. The first kappa shape index (κ1) is 8.25. The number of oxime groups is 1. The van der Waals surface area contributed by atoms with E-state index in [-0.39, 0.29) is 11.6 Å². The van der Waals surface area contributed by atoms with Crippen LogP contribution in [0.1, 0.15) is 10.4 Å². The lowest BCUT2D eigenvalue weighted by molar-refractivity contribution is 0.106. The quantitative estimate of drug-likeness (QED) is 0.538. The second kappa shape index (κ2) is 2.85. The van der Waals surface area contributed by atoms with Crippen LogP contribution in [0.2, 0.25) is 0 Å². The van der Waals surface area contributed by atoms with Gasteiger partial charge in [0.05, 0.1) is 11.3 Å². The number of hydrogen-bond acceptors (Lipinski definition) is 3. The Labute approximate surface area is 82.4 Å². The van der Waals surface area contributed by atoms with E-state index in [0.29, 0.717) is 11.3 Å². The zero-order chi connectivity index (χ0) is 9.42. The van der Waals surface area contributed by atoms with E-state index in [1.54, 1.807) is 18.2 Å². The highest BCUT2D eigenvalue weighted by Crippen LogP contribution is 2.26. The average Bonchev–Trinajstić information content (AvgIpc) is 2.44. The molecule has 1 aliphatic heterocycles. The topological polar surface area (TPSA) is 61.7 Å². The van der Waals surface area contributed by atoms with Gasteiger partial charge in [-0.05, 0) is 18.2 Å². The summed E-state index contributed by atoms with van der Waals surface area (Å²) in [5.41, 5.74) is 1.18. The van der Waals surface area contributed by atoms with Crippen molar-refractivity contribution in [1.29, 1.82) is 0 Å². The number of rotatable bonds is 0. The third-order valence-electron chi connectivity index (χ3n) is 1.79. The monoisotopic (exact) mass is 240 g/mol. The highest BCUT2D eigenvalue weighted by molar-refractivity contribution is 9.10. The van der Waals surface area contributed by atoms with Crippen LogP contribution in [0.4, 0.5) is 5.69 Å². The van der Waals surface area contributed by atoms with Crippen molar-refractivity contribution in [3.63, 3.8) is 0 Å². The van der Waals surface area contributed by atoms with Gasteiger partial charge in [-0.2, -0.15) is 0 Å². The Morgan fingerprint density at radius 3 is 2.92 bits per heavy atom. The van der Waals surface area contributed by atoms with Crippen LogP contribution in [0, 0.1) is 0 Å². The Morgan fingerprint density at radius 2 is 2.23 bits per heavy atom. The van der Waals surface area contributed by atoms with E-state index in [4.69, 9.17) is 5.21 Å². The largest absolute Gasteiger partial charge is 0.409 e. The molecule has 0 radical (unpaired) electrons. The van der Waals surface area contributed by atoms with Gasteiger partial charge in [-0.3, -0.25) is 4.79 Å². The number of amidine groups is 1. The number of nitrogens with one attached hydrogen (secondary N) is 1. The lowest BCUT2D eigenvalue weighted by atomic mass is 10.1. The van der Waals surface area contributed by atoms with Crippen molar-refractivity contribution < 1.29 is 10.0 Å². The molecule has 0 aromatic heterocycles. The maximum atomic E-state index is 11.4. The second-order valence-corrected chi connectivity index (χ2v) is 3.51. The highest BCUT2D eigenvalue weighted by atomic mass is 79.9. The number of fused-ring (bicyclic) bond motifs is 1. The number of carbonyl (C=O) groups is 1. The first-order valence-corrected chi connectivity index (χ1v) is 4.35. The highest BCUT2D eigenvalue weighted by Gasteiger charge is 2.26. The van der Waals surface area contributed by atoms with Gasteiger partial charge >= 0.3 is 0 Å². The number of Topliss-reactive ketones (excluding diaryl/α,β-unsaturated/α-hetero) is 1. The van der Waals surface area contributed by atoms with Crippen LogP contribution >= 0.6 is 15.9 Å². The number of hydrogen-bond donors (Lipinski definition) is 2. The predicted molar refractivity (Wildman–Crippen MR) is 51.3 cm³/mol. The fraction of sp³-hybridized carbons (Fsp3) is 0. The maximum absolute atomic E-state index is 11.4. The summed E-state index contributed by atoms with van der Waals surface area (Å²) in [5.74, 6) is -0.327. The van der Waals surface area contributed by atoms with Gasteiger partial charge in [-0.25, -0.2) is 0 Å². The van der Waals surface area contributed by atoms with Crippen molar-refractivity contribution in [3.05, 3.63) is 28.2 Å². The van der Waals surface area contributed by atoms with Gasteiger partial charge in [0.1, 0.15) is 0 Å². The molecule has 2 rings (SSSR count). The molecule has 0 unspecified atom stereocenters. The van der Waals surface area contributed by atoms with Gasteiger partial charge in [-0.15, -0.1) is 0 Å². The van der Waals surface area contributed by atoms with Crippen LogP contribution in [0.15, 0.2) is 27.8 Å². The fourth-order valence-electron chi connectivity index (χ4n) is 1.20.